The molecule has 7 nitrogen and oxygen atoms in total. The van der Waals surface area contributed by atoms with Gasteiger partial charge < -0.3 is 10.2 Å². The number of nitrogens with zero attached hydrogens (tertiary/aromatic N) is 2. The maximum Gasteiger partial charge on any atom is 0.244 e. The van der Waals surface area contributed by atoms with Gasteiger partial charge in [-0.15, -0.1) is 0 Å². The minimum absolute atomic E-state index is 0.111. The molecule has 33 heavy (non-hydrogen) atoms. The lowest BCUT2D eigenvalue weighted by molar-refractivity contribution is -0.139. The van der Waals surface area contributed by atoms with E-state index in [4.69, 9.17) is 23.2 Å². The maximum absolute atomic E-state index is 13.4. The molecule has 10 heteroatoms. The smallest absolute Gasteiger partial charge is 0.244 e. The van der Waals surface area contributed by atoms with E-state index < -0.39 is 28.5 Å². The number of sulfonamides is 1. The van der Waals surface area contributed by atoms with Crippen molar-refractivity contribution in [1.29, 1.82) is 0 Å². The van der Waals surface area contributed by atoms with Gasteiger partial charge in [-0.25, -0.2) is 8.42 Å². The number of amides is 2. The van der Waals surface area contributed by atoms with E-state index in [0.717, 1.165) is 21.7 Å². The Bertz CT molecular complexity index is 1120. The van der Waals surface area contributed by atoms with Crippen LogP contribution in [0.2, 0.25) is 10.0 Å². The molecule has 0 aliphatic heterocycles. The van der Waals surface area contributed by atoms with Gasteiger partial charge in [-0.3, -0.25) is 13.9 Å². The minimum atomic E-state index is -3.84. The van der Waals surface area contributed by atoms with E-state index in [1.165, 1.54) is 23.1 Å². The Kier molecular flexibility index (Phi) is 9.17. The monoisotopic (exact) mass is 513 g/mol. The molecule has 180 valence electrons. The Morgan fingerprint density at radius 3 is 2.24 bits per heavy atom. The van der Waals surface area contributed by atoms with Crippen molar-refractivity contribution in [3.63, 3.8) is 0 Å². The van der Waals surface area contributed by atoms with Crippen LogP contribution in [0.1, 0.15) is 31.9 Å². The summed E-state index contributed by atoms with van der Waals surface area (Å²) in [7, 11) is -3.84. The van der Waals surface area contributed by atoms with Crippen LogP contribution in [0.5, 0.6) is 0 Å². The summed E-state index contributed by atoms with van der Waals surface area (Å²) in [6.45, 7) is 6.85. The highest BCUT2D eigenvalue weighted by atomic mass is 35.5. The van der Waals surface area contributed by atoms with Crippen LogP contribution in [0.3, 0.4) is 0 Å². The van der Waals surface area contributed by atoms with Crippen LogP contribution in [-0.4, -0.2) is 50.0 Å². The molecule has 1 N–H and O–H groups in total. The summed E-state index contributed by atoms with van der Waals surface area (Å²) in [6.07, 6.45) is 1.00. The second-order valence-electron chi connectivity index (χ2n) is 8.22. The SMILES string of the molecule is Cc1cccc(CN(C(=O)CN(c2ccc(Cl)c(Cl)c2)S(C)(=O)=O)[C@H](C)C(=O)NC(C)C)c1. The number of nitrogens with one attached hydrogen (secondary N) is 1. The highest BCUT2D eigenvalue weighted by molar-refractivity contribution is 7.92. The summed E-state index contributed by atoms with van der Waals surface area (Å²) < 4.78 is 26.0. The van der Waals surface area contributed by atoms with Crippen molar-refractivity contribution in [3.05, 3.63) is 63.6 Å². The number of benzene rings is 2. The first-order chi connectivity index (χ1) is 15.3. The fourth-order valence-corrected chi connectivity index (χ4v) is 4.38. The number of carbonyl (C=O) groups excluding carboxylic acids is 2. The van der Waals surface area contributed by atoms with E-state index in [1.807, 2.05) is 45.0 Å². The molecule has 0 aliphatic carbocycles. The highest BCUT2D eigenvalue weighted by Crippen LogP contribution is 2.28. The zero-order valence-corrected chi connectivity index (χ0v) is 21.6. The number of rotatable bonds is 9. The van der Waals surface area contributed by atoms with Crippen molar-refractivity contribution in [3.8, 4) is 0 Å². The number of hydrogen-bond acceptors (Lipinski definition) is 4. The van der Waals surface area contributed by atoms with Crippen molar-refractivity contribution in [2.45, 2.75) is 46.3 Å². The van der Waals surface area contributed by atoms with E-state index in [0.29, 0.717) is 0 Å². The largest absolute Gasteiger partial charge is 0.352 e. The molecule has 2 aromatic carbocycles. The third-order valence-electron chi connectivity index (χ3n) is 4.90. The van der Waals surface area contributed by atoms with Gasteiger partial charge in [0.15, 0.2) is 0 Å². The molecule has 0 saturated heterocycles. The second kappa shape index (κ2) is 11.2. The van der Waals surface area contributed by atoms with Crippen molar-refractivity contribution in [2.24, 2.45) is 0 Å². The predicted octanol–water partition coefficient (Wildman–Crippen LogP) is 4.01. The number of anilines is 1. The predicted molar refractivity (Wildman–Crippen MR) is 133 cm³/mol. The fraction of sp³-hybridized carbons (Fsp3) is 0.391. The van der Waals surface area contributed by atoms with Gasteiger partial charge in [-0.2, -0.15) is 0 Å². The van der Waals surface area contributed by atoms with Crippen LogP contribution < -0.4 is 9.62 Å². The first-order valence-electron chi connectivity index (χ1n) is 10.4. The van der Waals surface area contributed by atoms with Crippen molar-refractivity contribution >= 4 is 50.7 Å². The normalized spacial score (nSPS) is 12.4. The summed E-state index contributed by atoms with van der Waals surface area (Å²) in [4.78, 5) is 27.5. The van der Waals surface area contributed by atoms with E-state index in [1.54, 1.807) is 6.92 Å². The Hall–Kier alpha value is -2.29. The standard InChI is InChI=1S/C23H29Cl2N3O4S/c1-15(2)26-23(30)17(4)27(13-18-8-6-7-16(3)11-18)22(29)14-28(33(5,31)32)19-9-10-20(24)21(25)12-19/h6-12,15,17H,13-14H2,1-5H3,(H,26,30)/t17-/m1/s1. The van der Waals surface area contributed by atoms with Gasteiger partial charge in [-0.1, -0.05) is 53.0 Å². The van der Waals surface area contributed by atoms with Gasteiger partial charge in [0.25, 0.3) is 0 Å². The molecule has 2 rings (SSSR count). The van der Waals surface area contributed by atoms with E-state index in [2.05, 4.69) is 5.32 Å². The molecule has 0 fully saturated rings. The Labute approximate surface area is 205 Å². The first-order valence-corrected chi connectivity index (χ1v) is 13.0. The van der Waals surface area contributed by atoms with Gasteiger partial charge in [0.1, 0.15) is 12.6 Å². The maximum atomic E-state index is 13.4. The van der Waals surface area contributed by atoms with E-state index in [9.17, 15) is 18.0 Å². The average Bonchev–Trinajstić information content (AvgIpc) is 2.70. The average molecular weight is 514 g/mol. The van der Waals surface area contributed by atoms with Crippen LogP contribution in [0.25, 0.3) is 0 Å². The summed E-state index contributed by atoms with van der Waals surface area (Å²) in [5.74, 6) is -0.856. The van der Waals surface area contributed by atoms with Gasteiger partial charge >= 0.3 is 0 Å². The molecular formula is C23H29Cl2N3O4S. The van der Waals surface area contributed by atoms with Crippen LogP contribution in [0.15, 0.2) is 42.5 Å². The first kappa shape index (κ1) is 27.0. The zero-order valence-electron chi connectivity index (χ0n) is 19.3. The Morgan fingerprint density at radius 2 is 1.70 bits per heavy atom. The molecule has 0 bridgehead atoms. The van der Waals surface area contributed by atoms with Crippen molar-refractivity contribution in [1.82, 2.24) is 10.2 Å². The molecular weight excluding hydrogens is 485 g/mol. The van der Waals surface area contributed by atoms with Gasteiger partial charge in [0, 0.05) is 12.6 Å². The van der Waals surface area contributed by atoms with Crippen LogP contribution >= 0.6 is 23.2 Å². The molecule has 2 amide bonds. The van der Waals surface area contributed by atoms with Gasteiger partial charge in [-0.05, 0) is 51.5 Å². The molecule has 0 heterocycles. The van der Waals surface area contributed by atoms with Crippen molar-refractivity contribution in [2.75, 3.05) is 17.1 Å². The van der Waals surface area contributed by atoms with Crippen LogP contribution in [0.4, 0.5) is 5.69 Å². The summed E-state index contributed by atoms with van der Waals surface area (Å²) >= 11 is 12.0. The second-order valence-corrected chi connectivity index (χ2v) is 10.9. The number of aryl methyl sites for hydroxylation is 1. The molecule has 2 aromatic rings. The lowest BCUT2D eigenvalue weighted by Crippen LogP contribution is -2.52. The fourth-order valence-electron chi connectivity index (χ4n) is 3.25. The van der Waals surface area contributed by atoms with Gasteiger partial charge in [0.05, 0.1) is 22.0 Å². The lowest BCUT2D eigenvalue weighted by atomic mass is 10.1. The lowest BCUT2D eigenvalue weighted by Gasteiger charge is -2.32. The zero-order chi connectivity index (χ0) is 24.9. The van der Waals surface area contributed by atoms with E-state index >= 15 is 0 Å². The highest BCUT2D eigenvalue weighted by Gasteiger charge is 2.30. The number of carbonyl (C=O) groups is 2. The summed E-state index contributed by atoms with van der Waals surface area (Å²) in [5.41, 5.74) is 2.04. The number of halogens is 2. The quantitative estimate of drug-likeness (QED) is 0.548. The molecule has 1 atom stereocenters. The molecule has 0 saturated carbocycles. The molecule has 0 radical (unpaired) electrons. The molecule has 0 spiro atoms. The Balaban J connectivity index is 2.41. The Morgan fingerprint density at radius 1 is 1.03 bits per heavy atom. The summed E-state index contributed by atoms with van der Waals surface area (Å²) in [6, 6.07) is 11.0. The third-order valence-corrected chi connectivity index (χ3v) is 6.78. The summed E-state index contributed by atoms with van der Waals surface area (Å²) in [5, 5.41) is 3.23. The van der Waals surface area contributed by atoms with Crippen molar-refractivity contribution < 1.29 is 18.0 Å². The number of hydrogen-bond donors (Lipinski definition) is 1. The van der Waals surface area contributed by atoms with Crippen LogP contribution in [0, 0.1) is 6.92 Å². The third kappa shape index (κ3) is 7.62. The molecule has 0 unspecified atom stereocenters. The molecule has 0 aromatic heterocycles. The van der Waals surface area contributed by atoms with Crippen LogP contribution in [-0.2, 0) is 26.2 Å². The van der Waals surface area contributed by atoms with Gasteiger partial charge in [0.2, 0.25) is 21.8 Å². The topological polar surface area (TPSA) is 86.8 Å². The minimum Gasteiger partial charge on any atom is -0.352 e. The molecule has 0 aliphatic rings. The van der Waals surface area contributed by atoms with E-state index in [-0.39, 0.29) is 34.2 Å².